The molecule has 20 heavy (non-hydrogen) atoms. The second kappa shape index (κ2) is 5.97. The summed E-state index contributed by atoms with van der Waals surface area (Å²) in [4.78, 5) is 11.8. The second-order valence-corrected chi connectivity index (χ2v) is 4.20. The van der Waals surface area contributed by atoms with E-state index in [0.717, 1.165) is 11.3 Å². The molecule has 3 N–H and O–H groups in total. The first-order chi connectivity index (χ1) is 9.60. The third-order valence-electron chi connectivity index (χ3n) is 2.79. The van der Waals surface area contributed by atoms with Crippen LogP contribution in [-0.2, 0) is 11.3 Å². The van der Waals surface area contributed by atoms with Crippen molar-refractivity contribution in [1.29, 1.82) is 0 Å². The predicted molar refractivity (Wildman–Crippen MR) is 74.6 cm³/mol. The summed E-state index contributed by atoms with van der Waals surface area (Å²) >= 11 is 0. The Labute approximate surface area is 116 Å². The zero-order valence-electron chi connectivity index (χ0n) is 11.0. The van der Waals surface area contributed by atoms with E-state index in [2.05, 4.69) is 0 Å². The number of carbonyl (C=O) groups is 1. The number of methoxy groups -OCH3 is 1. The Morgan fingerprint density at radius 1 is 1.20 bits per heavy atom. The van der Waals surface area contributed by atoms with Gasteiger partial charge in [-0.15, -0.1) is 0 Å². The van der Waals surface area contributed by atoms with Gasteiger partial charge in [0, 0.05) is 0 Å². The van der Waals surface area contributed by atoms with Gasteiger partial charge in [-0.3, -0.25) is 0 Å². The van der Waals surface area contributed by atoms with E-state index in [1.54, 1.807) is 19.2 Å². The molecule has 0 aromatic heterocycles. The fourth-order valence-corrected chi connectivity index (χ4v) is 1.64. The van der Waals surface area contributed by atoms with Gasteiger partial charge in [-0.25, -0.2) is 4.79 Å². The monoisotopic (exact) mass is 273 g/mol. The van der Waals surface area contributed by atoms with Crippen molar-refractivity contribution >= 4 is 11.7 Å². The summed E-state index contributed by atoms with van der Waals surface area (Å²) in [5, 5.41) is 9.29. The average molecular weight is 273 g/mol. The summed E-state index contributed by atoms with van der Waals surface area (Å²) in [6, 6.07) is 11.4. The number of hydrogen-bond acceptors (Lipinski definition) is 5. The van der Waals surface area contributed by atoms with Gasteiger partial charge in [-0.05, 0) is 35.9 Å². The molecule has 0 aliphatic heterocycles. The van der Waals surface area contributed by atoms with E-state index in [0.29, 0.717) is 5.56 Å². The Morgan fingerprint density at radius 2 is 1.90 bits per heavy atom. The van der Waals surface area contributed by atoms with Crippen molar-refractivity contribution < 1.29 is 19.4 Å². The van der Waals surface area contributed by atoms with Crippen LogP contribution >= 0.6 is 0 Å². The quantitative estimate of drug-likeness (QED) is 0.507. The third kappa shape index (κ3) is 3.20. The minimum atomic E-state index is -0.493. The fourth-order valence-electron chi connectivity index (χ4n) is 1.64. The van der Waals surface area contributed by atoms with E-state index in [1.807, 2.05) is 12.1 Å². The molecule has 0 amide bonds. The maximum atomic E-state index is 11.8. The number of esters is 1. The first-order valence-corrected chi connectivity index (χ1v) is 5.98. The normalized spacial score (nSPS) is 10.1. The summed E-state index contributed by atoms with van der Waals surface area (Å²) in [5.74, 6) is 0.190. The van der Waals surface area contributed by atoms with E-state index in [4.69, 9.17) is 15.2 Å². The van der Waals surface area contributed by atoms with E-state index in [-0.39, 0.29) is 18.0 Å². The number of phenols is 1. The van der Waals surface area contributed by atoms with Crippen molar-refractivity contribution in [2.75, 3.05) is 12.8 Å². The summed E-state index contributed by atoms with van der Waals surface area (Å²) in [6.07, 6.45) is 0. The van der Waals surface area contributed by atoms with E-state index >= 15 is 0 Å². The van der Waals surface area contributed by atoms with Gasteiger partial charge in [-0.1, -0.05) is 12.1 Å². The Bertz CT molecular complexity index is 608. The highest BCUT2D eigenvalue weighted by molar-refractivity contribution is 5.90. The molecule has 0 heterocycles. The maximum Gasteiger partial charge on any atom is 0.338 e. The van der Waals surface area contributed by atoms with Crippen LogP contribution in [-0.4, -0.2) is 18.2 Å². The van der Waals surface area contributed by atoms with Crippen LogP contribution in [0.2, 0.25) is 0 Å². The lowest BCUT2D eigenvalue weighted by molar-refractivity contribution is 0.0473. The molecular weight excluding hydrogens is 258 g/mol. The molecular formula is C15H15NO4. The number of carbonyl (C=O) groups excluding carboxylic acids is 1. The van der Waals surface area contributed by atoms with Crippen LogP contribution in [0.3, 0.4) is 0 Å². The third-order valence-corrected chi connectivity index (χ3v) is 2.79. The van der Waals surface area contributed by atoms with Crippen molar-refractivity contribution in [3.63, 3.8) is 0 Å². The van der Waals surface area contributed by atoms with Gasteiger partial charge in [0.1, 0.15) is 18.1 Å². The Morgan fingerprint density at radius 3 is 2.50 bits per heavy atom. The average Bonchev–Trinajstić information content (AvgIpc) is 2.48. The fraction of sp³-hybridized carbons (Fsp3) is 0.133. The first kappa shape index (κ1) is 13.7. The highest BCUT2D eigenvalue weighted by Gasteiger charge is 2.09. The van der Waals surface area contributed by atoms with Gasteiger partial charge in [0.15, 0.2) is 0 Å². The second-order valence-electron chi connectivity index (χ2n) is 4.20. The number of nitrogen functional groups attached to an aromatic ring is 1. The molecule has 0 aliphatic rings. The predicted octanol–water partition coefficient (Wildman–Crippen LogP) is 2.34. The molecule has 2 aromatic rings. The summed E-state index contributed by atoms with van der Waals surface area (Å²) < 4.78 is 10.2. The Kier molecular flexibility index (Phi) is 4.10. The molecule has 0 saturated carbocycles. The number of hydrogen-bond donors (Lipinski definition) is 2. The molecule has 5 nitrogen and oxygen atoms in total. The topological polar surface area (TPSA) is 81.8 Å². The highest BCUT2D eigenvalue weighted by atomic mass is 16.5. The maximum absolute atomic E-state index is 11.8. The van der Waals surface area contributed by atoms with Crippen LogP contribution in [0.5, 0.6) is 11.5 Å². The molecule has 104 valence electrons. The van der Waals surface area contributed by atoms with Crippen LogP contribution in [0.15, 0.2) is 42.5 Å². The van der Waals surface area contributed by atoms with Crippen LogP contribution in [0.4, 0.5) is 5.69 Å². The summed E-state index contributed by atoms with van der Waals surface area (Å²) in [6.45, 7) is 0.156. The molecule has 0 spiro atoms. The van der Waals surface area contributed by atoms with Gasteiger partial charge < -0.3 is 20.3 Å². The Balaban J connectivity index is 1.98. The van der Waals surface area contributed by atoms with Gasteiger partial charge in [0.25, 0.3) is 0 Å². The van der Waals surface area contributed by atoms with Gasteiger partial charge in [0.2, 0.25) is 0 Å². The van der Waals surface area contributed by atoms with Crippen molar-refractivity contribution in [3.05, 3.63) is 53.6 Å². The molecule has 0 aliphatic carbocycles. The molecule has 2 rings (SSSR count). The van der Waals surface area contributed by atoms with E-state index < -0.39 is 5.97 Å². The summed E-state index contributed by atoms with van der Waals surface area (Å²) in [7, 11) is 1.59. The number of aromatic hydroxyl groups is 1. The number of anilines is 1. The van der Waals surface area contributed by atoms with Gasteiger partial charge in [0.05, 0.1) is 18.4 Å². The van der Waals surface area contributed by atoms with Gasteiger partial charge >= 0.3 is 5.97 Å². The van der Waals surface area contributed by atoms with Crippen molar-refractivity contribution in [1.82, 2.24) is 0 Å². The zero-order chi connectivity index (χ0) is 14.5. The molecule has 0 saturated heterocycles. The molecule has 0 fully saturated rings. The van der Waals surface area contributed by atoms with Crippen LogP contribution in [0.25, 0.3) is 0 Å². The smallest absolute Gasteiger partial charge is 0.338 e. The number of rotatable bonds is 4. The minimum Gasteiger partial charge on any atom is -0.506 e. The molecule has 0 radical (unpaired) electrons. The number of benzene rings is 2. The lowest BCUT2D eigenvalue weighted by atomic mass is 10.2. The summed E-state index contributed by atoms with van der Waals surface area (Å²) in [5.41, 5.74) is 6.82. The molecule has 0 atom stereocenters. The standard InChI is InChI=1S/C15H15NO4/c1-19-12-5-2-10(3-6-12)9-20-15(18)11-4-7-14(17)13(16)8-11/h2-8,17H,9,16H2,1H3. The molecule has 0 bridgehead atoms. The molecule has 0 unspecified atom stereocenters. The molecule has 2 aromatic carbocycles. The van der Waals surface area contributed by atoms with E-state index in [1.165, 1.54) is 18.2 Å². The highest BCUT2D eigenvalue weighted by Crippen LogP contribution is 2.21. The van der Waals surface area contributed by atoms with Crippen molar-refractivity contribution in [3.8, 4) is 11.5 Å². The van der Waals surface area contributed by atoms with Crippen LogP contribution in [0, 0.1) is 0 Å². The first-order valence-electron chi connectivity index (χ1n) is 5.98. The number of ether oxygens (including phenoxy) is 2. The largest absolute Gasteiger partial charge is 0.506 e. The number of phenolic OH excluding ortho intramolecular Hbond substituents is 1. The minimum absolute atomic E-state index is 0.0586. The van der Waals surface area contributed by atoms with Crippen LogP contribution < -0.4 is 10.5 Å². The SMILES string of the molecule is COc1ccc(COC(=O)c2ccc(O)c(N)c2)cc1. The van der Waals surface area contributed by atoms with Crippen molar-refractivity contribution in [2.45, 2.75) is 6.61 Å². The lowest BCUT2D eigenvalue weighted by Crippen LogP contribution is -2.05. The lowest BCUT2D eigenvalue weighted by Gasteiger charge is -2.07. The zero-order valence-corrected chi connectivity index (χ0v) is 11.0. The van der Waals surface area contributed by atoms with Gasteiger partial charge in [-0.2, -0.15) is 0 Å². The Hall–Kier alpha value is -2.69. The van der Waals surface area contributed by atoms with Crippen LogP contribution in [0.1, 0.15) is 15.9 Å². The number of nitrogens with two attached hydrogens (primary N) is 1. The van der Waals surface area contributed by atoms with E-state index in [9.17, 15) is 9.90 Å². The van der Waals surface area contributed by atoms with Crippen molar-refractivity contribution in [2.24, 2.45) is 0 Å². The molecule has 5 heteroatoms.